The summed E-state index contributed by atoms with van der Waals surface area (Å²) in [5.74, 6) is -1.40. The number of ketones is 1. The van der Waals surface area contributed by atoms with Crippen LogP contribution in [0.5, 0.6) is 5.75 Å². The second kappa shape index (κ2) is 16.4. The standard InChI is InChI=1S/C29H42ClN3O8S2/c1-5-6-7-8-9-10-19-42(37,38)33-21-11-16-24(30)25(20-21)32-28(36)26(27(35)29(2,3)4)41-22-12-14-23(15-13-22)43(39,40)31-17-18-34/h11-16,20,26,31,33-34H,5-10,17-19H2,1-4H3,(H,32,36). The first-order valence-corrected chi connectivity index (χ1v) is 17.6. The number of sulfonamides is 2. The van der Waals surface area contributed by atoms with Crippen LogP contribution in [0.25, 0.3) is 0 Å². The number of anilines is 2. The fraction of sp³-hybridized carbons (Fsp3) is 0.517. The van der Waals surface area contributed by atoms with E-state index in [1.54, 1.807) is 20.8 Å². The Kier molecular flexibility index (Phi) is 13.9. The number of rotatable bonds is 18. The number of benzene rings is 2. The maximum atomic E-state index is 13.4. The number of unbranched alkanes of at least 4 members (excludes halogenated alkanes) is 5. The van der Waals surface area contributed by atoms with Gasteiger partial charge in [0.05, 0.1) is 33.7 Å². The van der Waals surface area contributed by atoms with E-state index < -0.39 is 43.3 Å². The number of aliphatic hydroxyl groups excluding tert-OH is 1. The van der Waals surface area contributed by atoms with Crippen LogP contribution in [0.15, 0.2) is 47.4 Å². The molecule has 0 saturated carbocycles. The molecule has 0 bridgehead atoms. The van der Waals surface area contributed by atoms with Crippen molar-refractivity contribution >= 4 is 54.7 Å². The number of hydrogen-bond acceptors (Lipinski definition) is 8. The summed E-state index contributed by atoms with van der Waals surface area (Å²) in [5.41, 5.74) is -0.729. The molecule has 2 aromatic carbocycles. The molecular weight excluding hydrogens is 618 g/mol. The third kappa shape index (κ3) is 12.1. The largest absolute Gasteiger partial charge is 0.473 e. The number of ether oxygens (including phenoxy) is 1. The first kappa shape index (κ1) is 36.5. The zero-order valence-corrected chi connectivity index (χ0v) is 27.4. The lowest BCUT2D eigenvalue weighted by Crippen LogP contribution is -2.45. The number of Topliss-reactive ketones (excluding diaryl/α,β-unsaturated/α-hetero) is 1. The molecule has 1 unspecified atom stereocenters. The van der Waals surface area contributed by atoms with Crippen LogP contribution < -0.4 is 19.5 Å². The Morgan fingerprint density at radius 1 is 0.953 bits per heavy atom. The van der Waals surface area contributed by atoms with E-state index in [0.29, 0.717) is 6.42 Å². The van der Waals surface area contributed by atoms with Gasteiger partial charge in [0, 0.05) is 12.0 Å². The Balaban J connectivity index is 2.20. The summed E-state index contributed by atoms with van der Waals surface area (Å²) in [6, 6.07) is 9.33. The fourth-order valence-electron chi connectivity index (χ4n) is 3.90. The highest BCUT2D eigenvalue weighted by atomic mass is 35.5. The molecule has 0 spiro atoms. The molecule has 0 aliphatic carbocycles. The van der Waals surface area contributed by atoms with Crippen molar-refractivity contribution in [1.29, 1.82) is 0 Å². The van der Waals surface area contributed by atoms with Gasteiger partial charge in [-0.1, -0.05) is 71.4 Å². The average molecular weight is 660 g/mol. The molecule has 1 amide bonds. The van der Waals surface area contributed by atoms with Gasteiger partial charge in [-0.2, -0.15) is 0 Å². The lowest BCUT2D eigenvalue weighted by atomic mass is 9.87. The normalized spacial score (nSPS) is 12.9. The molecule has 0 radical (unpaired) electrons. The van der Waals surface area contributed by atoms with Crippen LogP contribution in [0.4, 0.5) is 11.4 Å². The summed E-state index contributed by atoms with van der Waals surface area (Å²) in [6.45, 7) is 6.44. The highest BCUT2D eigenvalue weighted by Crippen LogP contribution is 2.28. The minimum absolute atomic E-state index is 0.0446. The maximum absolute atomic E-state index is 13.4. The van der Waals surface area contributed by atoms with E-state index in [-0.39, 0.29) is 45.9 Å². The van der Waals surface area contributed by atoms with Crippen LogP contribution in [-0.4, -0.2) is 58.6 Å². The third-order valence-electron chi connectivity index (χ3n) is 6.27. The summed E-state index contributed by atoms with van der Waals surface area (Å²) in [7, 11) is -7.51. The van der Waals surface area contributed by atoms with Gasteiger partial charge in [0.2, 0.25) is 26.2 Å². The van der Waals surface area contributed by atoms with Gasteiger partial charge in [0.25, 0.3) is 5.91 Å². The molecule has 14 heteroatoms. The molecule has 43 heavy (non-hydrogen) atoms. The van der Waals surface area contributed by atoms with E-state index in [0.717, 1.165) is 32.1 Å². The molecule has 0 heterocycles. The van der Waals surface area contributed by atoms with Crippen molar-refractivity contribution in [3.63, 3.8) is 0 Å². The molecule has 0 fully saturated rings. The summed E-state index contributed by atoms with van der Waals surface area (Å²) in [4.78, 5) is 26.5. The van der Waals surface area contributed by atoms with E-state index in [1.807, 2.05) is 0 Å². The summed E-state index contributed by atoms with van der Waals surface area (Å²) >= 11 is 6.29. The van der Waals surface area contributed by atoms with E-state index in [9.17, 15) is 26.4 Å². The molecule has 0 saturated heterocycles. The predicted octanol–water partition coefficient (Wildman–Crippen LogP) is 4.71. The number of carbonyl (C=O) groups is 2. The second-order valence-electron chi connectivity index (χ2n) is 11.1. The van der Waals surface area contributed by atoms with Gasteiger partial charge in [0.15, 0.2) is 5.78 Å². The van der Waals surface area contributed by atoms with Crippen molar-refractivity contribution in [2.75, 3.05) is 28.9 Å². The third-order valence-corrected chi connectivity index (χ3v) is 9.45. The lowest BCUT2D eigenvalue weighted by molar-refractivity contribution is -0.140. The van der Waals surface area contributed by atoms with Crippen molar-refractivity contribution in [2.45, 2.75) is 77.2 Å². The number of hydrogen-bond donors (Lipinski definition) is 4. The molecule has 0 aliphatic rings. The SMILES string of the molecule is CCCCCCCCS(=O)(=O)Nc1ccc(Cl)c(NC(=O)C(Oc2ccc(S(=O)(=O)NCCO)cc2)C(=O)C(C)(C)C)c1. The van der Waals surface area contributed by atoms with Crippen LogP contribution in [0.2, 0.25) is 5.02 Å². The molecule has 4 N–H and O–H groups in total. The molecule has 11 nitrogen and oxygen atoms in total. The maximum Gasteiger partial charge on any atom is 0.273 e. The van der Waals surface area contributed by atoms with E-state index >= 15 is 0 Å². The van der Waals surface area contributed by atoms with E-state index in [4.69, 9.17) is 21.4 Å². The average Bonchev–Trinajstić information content (AvgIpc) is 2.93. The monoisotopic (exact) mass is 659 g/mol. The number of amides is 1. The second-order valence-corrected chi connectivity index (χ2v) is 15.1. The van der Waals surface area contributed by atoms with Gasteiger partial charge in [-0.25, -0.2) is 21.6 Å². The number of halogens is 1. The Labute approximate surface area is 259 Å². The topological polar surface area (TPSA) is 168 Å². The Morgan fingerprint density at radius 2 is 1.58 bits per heavy atom. The highest BCUT2D eigenvalue weighted by molar-refractivity contribution is 7.92. The van der Waals surface area contributed by atoms with Crippen molar-refractivity contribution in [2.24, 2.45) is 5.41 Å². The summed E-state index contributed by atoms with van der Waals surface area (Å²) in [5, 5.41) is 11.6. The van der Waals surface area contributed by atoms with Gasteiger partial charge in [-0.05, 0) is 48.9 Å². The Hall–Kier alpha value is -2.71. The summed E-state index contributed by atoms with van der Waals surface area (Å²) in [6.07, 6.45) is 3.97. The quantitative estimate of drug-likeness (QED) is 0.132. The van der Waals surface area contributed by atoms with Gasteiger partial charge in [-0.3, -0.25) is 14.3 Å². The van der Waals surface area contributed by atoms with Crippen LogP contribution in [0.3, 0.4) is 0 Å². The molecular formula is C29H42ClN3O8S2. The van der Waals surface area contributed by atoms with Crippen molar-refractivity contribution in [3.05, 3.63) is 47.5 Å². The fourth-order valence-corrected chi connectivity index (χ4v) is 6.26. The predicted molar refractivity (Wildman–Crippen MR) is 168 cm³/mol. The van der Waals surface area contributed by atoms with Crippen LogP contribution in [-0.2, 0) is 29.6 Å². The number of carbonyl (C=O) groups excluding carboxylic acids is 2. The molecule has 1 atom stereocenters. The van der Waals surface area contributed by atoms with Gasteiger partial charge >= 0.3 is 0 Å². The van der Waals surface area contributed by atoms with Crippen LogP contribution >= 0.6 is 11.6 Å². The molecule has 2 rings (SSSR count). The van der Waals surface area contributed by atoms with E-state index in [1.165, 1.54) is 42.5 Å². The molecule has 0 aromatic heterocycles. The Bertz CT molecular complexity index is 1440. The van der Waals surface area contributed by atoms with Crippen LogP contribution in [0, 0.1) is 5.41 Å². The summed E-state index contributed by atoms with van der Waals surface area (Å²) < 4.78 is 60.3. The first-order valence-electron chi connectivity index (χ1n) is 14.1. The molecule has 0 aliphatic heterocycles. The Morgan fingerprint density at radius 3 is 2.19 bits per heavy atom. The van der Waals surface area contributed by atoms with Gasteiger partial charge < -0.3 is 15.2 Å². The van der Waals surface area contributed by atoms with E-state index in [2.05, 4.69) is 21.7 Å². The minimum atomic E-state index is -3.87. The van der Waals surface area contributed by atoms with Crippen molar-refractivity contribution in [3.8, 4) is 5.75 Å². The van der Waals surface area contributed by atoms with Crippen molar-refractivity contribution < 1.29 is 36.3 Å². The number of nitrogens with one attached hydrogen (secondary N) is 3. The minimum Gasteiger partial charge on any atom is -0.473 e. The van der Waals surface area contributed by atoms with Crippen LogP contribution in [0.1, 0.15) is 66.2 Å². The van der Waals surface area contributed by atoms with Crippen molar-refractivity contribution in [1.82, 2.24) is 4.72 Å². The molecule has 2 aromatic rings. The highest BCUT2D eigenvalue weighted by Gasteiger charge is 2.37. The van der Waals surface area contributed by atoms with Gasteiger partial charge in [-0.15, -0.1) is 0 Å². The first-order chi connectivity index (χ1) is 20.1. The zero-order valence-electron chi connectivity index (χ0n) is 25.0. The zero-order chi connectivity index (χ0) is 32.3. The van der Waals surface area contributed by atoms with Gasteiger partial charge in [0.1, 0.15) is 5.75 Å². The lowest BCUT2D eigenvalue weighted by Gasteiger charge is -2.25. The smallest absolute Gasteiger partial charge is 0.273 e. The molecule has 240 valence electrons. The number of aliphatic hydroxyl groups is 1.